The number of hydrogen-bond donors (Lipinski definition) is 1. The maximum Gasteiger partial charge on any atom is 0.239 e. The number of aromatic nitrogens is 3. The third kappa shape index (κ3) is 2.66. The van der Waals surface area contributed by atoms with Crippen LogP contribution in [-0.2, 0) is 0 Å². The van der Waals surface area contributed by atoms with Gasteiger partial charge in [0.1, 0.15) is 0 Å². The van der Waals surface area contributed by atoms with Gasteiger partial charge in [-0.25, -0.2) is 4.68 Å². The van der Waals surface area contributed by atoms with Gasteiger partial charge in [-0.15, -0.1) is 0 Å². The van der Waals surface area contributed by atoms with Gasteiger partial charge in [0.05, 0.1) is 28.7 Å². The van der Waals surface area contributed by atoms with Gasteiger partial charge in [-0.3, -0.25) is 0 Å². The second-order valence-electron chi connectivity index (χ2n) is 4.31. The van der Waals surface area contributed by atoms with Gasteiger partial charge < -0.3 is 10.5 Å². The van der Waals surface area contributed by atoms with Crippen LogP contribution in [0.3, 0.4) is 0 Å². The van der Waals surface area contributed by atoms with Crippen molar-refractivity contribution >= 4 is 17.3 Å². The van der Waals surface area contributed by atoms with Gasteiger partial charge >= 0.3 is 0 Å². The third-order valence-electron chi connectivity index (χ3n) is 2.74. The van der Waals surface area contributed by atoms with Gasteiger partial charge in [0.2, 0.25) is 5.88 Å². The smallest absolute Gasteiger partial charge is 0.239 e. The number of aryl methyl sites for hydroxylation is 1. The van der Waals surface area contributed by atoms with Crippen LogP contribution in [0.15, 0.2) is 12.1 Å². The van der Waals surface area contributed by atoms with Crippen LogP contribution in [-0.4, -0.2) is 21.4 Å². The van der Waals surface area contributed by atoms with Gasteiger partial charge in [0.15, 0.2) is 5.82 Å². The van der Waals surface area contributed by atoms with Crippen LogP contribution in [0, 0.1) is 13.8 Å². The average molecular weight is 281 g/mol. The first-order valence-corrected chi connectivity index (χ1v) is 6.53. The Labute approximate surface area is 117 Å². The minimum atomic E-state index is 0.433. The number of halogens is 1. The van der Waals surface area contributed by atoms with Crippen molar-refractivity contribution in [2.45, 2.75) is 27.2 Å². The van der Waals surface area contributed by atoms with E-state index in [2.05, 4.69) is 10.1 Å². The molecule has 0 atom stereocenters. The molecule has 0 saturated heterocycles. The first kappa shape index (κ1) is 13.7. The molecule has 2 rings (SSSR count). The highest BCUT2D eigenvalue weighted by Gasteiger charge is 2.13. The molecule has 0 aliphatic heterocycles. The Kier molecular flexibility index (Phi) is 3.95. The van der Waals surface area contributed by atoms with E-state index in [0.29, 0.717) is 29.0 Å². The molecular weight excluding hydrogens is 264 g/mol. The largest absolute Gasteiger partial charge is 0.476 e. The number of ether oxygens (including phenoxy) is 1. The molecule has 0 aliphatic carbocycles. The summed E-state index contributed by atoms with van der Waals surface area (Å²) in [6.07, 6.45) is 0.900. The molecule has 6 heteroatoms. The van der Waals surface area contributed by atoms with Crippen molar-refractivity contribution in [1.29, 1.82) is 0 Å². The second-order valence-corrected chi connectivity index (χ2v) is 4.69. The van der Waals surface area contributed by atoms with Gasteiger partial charge in [-0.1, -0.05) is 18.5 Å². The van der Waals surface area contributed by atoms with E-state index in [4.69, 9.17) is 22.1 Å². The fourth-order valence-electron chi connectivity index (χ4n) is 1.72. The molecule has 0 spiro atoms. The number of hydrogen-bond acceptors (Lipinski definition) is 4. The molecule has 2 heterocycles. The molecule has 2 N–H and O–H groups in total. The summed E-state index contributed by atoms with van der Waals surface area (Å²) in [6, 6.07) is 3.56. The first-order chi connectivity index (χ1) is 9.04. The lowest BCUT2D eigenvalue weighted by molar-refractivity contribution is 0.306. The summed E-state index contributed by atoms with van der Waals surface area (Å²) in [4.78, 5) is 4.39. The Morgan fingerprint density at radius 1 is 1.37 bits per heavy atom. The van der Waals surface area contributed by atoms with E-state index in [9.17, 15) is 0 Å². The topological polar surface area (TPSA) is 66.0 Å². The molecule has 0 radical (unpaired) electrons. The van der Waals surface area contributed by atoms with E-state index < -0.39 is 0 Å². The molecule has 102 valence electrons. The normalized spacial score (nSPS) is 10.7. The predicted molar refractivity (Wildman–Crippen MR) is 76.0 cm³/mol. The highest BCUT2D eigenvalue weighted by molar-refractivity contribution is 6.31. The third-order valence-corrected chi connectivity index (χ3v) is 3.28. The number of nitrogen functional groups attached to an aromatic ring is 1. The molecule has 0 aliphatic rings. The van der Waals surface area contributed by atoms with Crippen molar-refractivity contribution in [3.63, 3.8) is 0 Å². The summed E-state index contributed by atoms with van der Waals surface area (Å²) >= 11 is 6.14. The van der Waals surface area contributed by atoms with E-state index >= 15 is 0 Å². The molecular formula is C13H17ClN4O. The second kappa shape index (κ2) is 5.48. The van der Waals surface area contributed by atoms with Crippen LogP contribution in [0.1, 0.15) is 24.7 Å². The quantitative estimate of drug-likeness (QED) is 0.935. The average Bonchev–Trinajstić information content (AvgIpc) is 2.66. The van der Waals surface area contributed by atoms with Crippen LogP contribution >= 0.6 is 11.6 Å². The summed E-state index contributed by atoms with van der Waals surface area (Å²) in [7, 11) is 0. The van der Waals surface area contributed by atoms with Gasteiger partial charge in [0, 0.05) is 0 Å². The lowest BCUT2D eigenvalue weighted by Gasteiger charge is -2.09. The zero-order chi connectivity index (χ0) is 14.0. The molecule has 2 aromatic rings. The molecule has 0 bridgehead atoms. The van der Waals surface area contributed by atoms with Crippen LogP contribution in [0.5, 0.6) is 5.88 Å². The predicted octanol–water partition coefficient (Wildman–Crippen LogP) is 2.91. The van der Waals surface area contributed by atoms with E-state index in [0.717, 1.165) is 17.8 Å². The summed E-state index contributed by atoms with van der Waals surface area (Å²) < 4.78 is 7.21. The zero-order valence-electron chi connectivity index (χ0n) is 11.3. The van der Waals surface area contributed by atoms with Gasteiger partial charge in [-0.05, 0) is 32.4 Å². The van der Waals surface area contributed by atoms with Crippen molar-refractivity contribution in [3.05, 3.63) is 28.5 Å². The summed E-state index contributed by atoms with van der Waals surface area (Å²) in [5, 5.41) is 5.00. The maximum absolute atomic E-state index is 6.14. The maximum atomic E-state index is 6.14. The van der Waals surface area contributed by atoms with E-state index in [1.807, 2.05) is 20.8 Å². The number of nitrogens with two attached hydrogens (primary N) is 1. The van der Waals surface area contributed by atoms with E-state index in [1.54, 1.807) is 16.8 Å². The lowest BCUT2D eigenvalue weighted by Crippen LogP contribution is -2.06. The summed E-state index contributed by atoms with van der Waals surface area (Å²) in [5.41, 5.74) is 7.97. The molecule has 2 aromatic heterocycles. The molecule has 0 saturated carbocycles. The molecule has 0 unspecified atom stereocenters. The minimum absolute atomic E-state index is 0.433. The Morgan fingerprint density at radius 2 is 2.11 bits per heavy atom. The minimum Gasteiger partial charge on any atom is -0.476 e. The Hall–Kier alpha value is -1.75. The standard InChI is InChI=1S/C13H17ClN4O/c1-4-7-19-13-10(15)5-6-11(16-13)18-9(3)12(14)8(2)17-18/h5-6H,4,7,15H2,1-3H3. The molecule has 19 heavy (non-hydrogen) atoms. The van der Waals surface area contributed by atoms with Crippen LogP contribution in [0.25, 0.3) is 5.82 Å². The van der Waals surface area contributed by atoms with Crippen molar-refractivity contribution in [2.75, 3.05) is 12.3 Å². The molecule has 0 aromatic carbocycles. The molecule has 5 nitrogen and oxygen atoms in total. The SMILES string of the molecule is CCCOc1nc(-n2nc(C)c(Cl)c2C)ccc1N. The summed E-state index contributed by atoms with van der Waals surface area (Å²) in [6.45, 7) is 6.37. The number of pyridine rings is 1. The fourth-order valence-corrected chi connectivity index (χ4v) is 1.84. The van der Waals surface area contributed by atoms with Crippen molar-refractivity contribution in [3.8, 4) is 11.7 Å². The van der Waals surface area contributed by atoms with Crippen LogP contribution in [0.4, 0.5) is 5.69 Å². The summed E-state index contributed by atoms with van der Waals surface area (Å²) in [5.74, 6) is 1.08. The van der Waals surface area contributed by atoms with Gasteiger partial charge in [-0.2, -0.15) is 10.1 Å². The van der Waals surface area contributed by atoms with E-state index in [-0.39, 0.29) is 0 Å². The highest BCUT2D eigenvalue weighted by atomic mass is 35.5. The fraction of sp³-hybridized carbons (Fsp3) is 0.385. The van der Waals surface area contributed by atoms with E-state index in [1.165, 1.54) is 0 Å². The zero-order valence-corrected chi connectivity index (χ0v) is 12.0. The number of nitrogens with zero attached hydrogens (tertiary/aromatic N) is 3. The number of anilines is 1. The van der Waals surface area contributed by atoms with Crippen molar-refractivity contribution in [1.82, 2.24) is 14.8 Å². The Morgan fingerprint density at radius 3 is 2.68 bits per heavy atom. The van der Waals surface area contributed by atoms with Gasteiger partial charge in [0.25, 0.3) is 0 Å². The van der Waals surface area contributed by atoms with Crippen molar-refractivity contribution in [2.24, 2.45) is 0 Å². The molecule has 0 fully saturated rings. The number of rotatable bonds is 4. The van der Waals surface area contributed by atoms with Crippen LogP contribution < -0.4 is 10.5 Å². The van der Waals surface area contributed by atoms with Crippen LogP contribution in [0.2, 0.25) is 5.02 Å². The lowest BCUT2D eigenvalue weighted by atomic mass is 10.3. The molecule has 0 amide bonds. The van der Waals surface area contributed by atoms with Crippen molar-refractivity contribution < 1.29 is 4.74 Å². The highest BCUT2D eigenvalue weighted by Crippen LogP contribution is 2.25. The Balaban J connectivity index is 2.42. The first-order valence-electron chi connectivity index (χ1n) is 6.16. The monoisotopic (exact) mass is 280 g/mol. The Bertz CT molecular complexity index is 595.